The Morgan fingerprint density at radius 1 is 1.37 bits per heavy atom. The Bertz CT molecular complexity index is 1060. The number of thioether (sulfide) groups is 1. The lowest BCUT2D eigenvalue weighted by Gasteiger charge is -2.17. The standard InChI is InChI=1S/C21H27N3O3S3/c1-5-27-10-7-9-24-20(26)18-14(2)15(3)30-19(18)22-21(24)29-13-17(25)23(4)12-16-8-6-11-28-16/h6,8,11H,5,7,9-10,12-13H2,1-4H3. The Morgan fingerprint density at radius 3 is 2.87 bits per heavy atom. The van der Waals surface area contributed by atoms with E-state index in [1.54, 1.807) is 27.9 Å². The molecule has 0 atom stereocenters. The molecular weight excluding hydrogens is 438 g/mol. The van der Waals surface area contributed by atoms with Gasteiger partial charge in [-0.2, -0.15) is 0 Å². The van der Waals surface area contributed by atoms with Gasteiger partial charge in [-0.15, -0.1) is 22.7 Å². The Kier molecular flexibility index (Phi) is 8.10. The van der Waals surface area contributed by atoms with Crippen molar-refractivity contribution in [2.45, 2.75) is 45.4 Å². The zero-order chi connectivity index (χ0) is 21.7. The second kappa shape index (κ2) is 10.6. The maximum Gasteiger partial charge on any atom is 0.263 e. The number of hydrogen-bond donors (Lipinski definition) is 0. The number of carbonyl (C=O) groups excluding carboxylic acids is 1. The highest BCUT2D eigenvalue weighted by atomic mass is 32.2. The van der Waals surface area contributed by atoms with Crippen LogP contribution in [0.25, 0.3) is 10.2 Å². The van der Waals surface area contributed by atoms with E-state index >= 15 is 0 Å². The number of nitrogens with zero attached hydrogens (tertiary/aromatic N) is 3. The summed E-state index contributed by atoms with van der Waals surface area (Å²) in [5.41, 5.74) is 0.967. The Balaban J connectivity index is 1.80. The number of aromatic nitrogens is 2. The van der Waals surface area contributed by atoms with Crippen molar-refractivity contribution in [2.24, 2.45) is 0 Å². The first-order chi connectivity index (χ1) is 14.4. The number of rotatable bonds is 10. The monoisotopic (exact) mass is 465 g/mol. The molecule has 0 radical (unpaired) electrons. The van der Waals surface area contributed by atoms with Crippen molar-refractivity contribution in [1.82, 2.24) is 14.5 Å². The van der Waals surface area contributed by atoms with Gasteiger partial charge in [0.15, 0.2) is 5.16 Å². The summed E-state index contributed by atoms with van der Waals surface area (Å²) in [6, 6.07) is 4.01. The molecule has 0 bridgehead atoms. The number of fused-ring (bicyclic) bond motifs is 1. The van der Waals surface area contributed by atoms with E-state index in [4.69, 9.17) is 9.72 Å². The van der Waals surface area contributed by atoms with Gasteiger partial charge in [-0.3, -0.25) is 14.2 Å². The number of aryl methyl sites for hydroxylation is 2. The minimum Gasteiger partial charge on any atom is -0.382 e. The van der Waals surface area contributed by atoms with E-state index in [0.29, 0.717) is 36.8 Å². The van der Waals surface area contributed by atoms with Gasteiger partial charge in [0.1, 0.15) is 4.83 Å². The predicted octanol–water partition coefficient (Wildman–Crippen LogP) is 4.31. The van der Waals surface area contributed by atoms with E-state index in [1.807, 2.05) is 38.3 Å². The average Bonchev–Trinajstić information content (AvgIpc) is 3.32. The van der Waals surface area contributed by atoms with Crippen LogP contribution in [0.5, 0.6) is 0 Å². The summed E-state index contributed by atoms with van der Waals surface area (Å²) in [6.07, 6.45) is 0.725. The number of amides is 1. The molecule has 1 amide bonds. The van der Waals surface area contributed by atoms with Crippen molar-refractivity contribution in [2.75, 3.05) is 26.0 Å². The SMILES string of the molecule is CCOCCCn1c(SCC(=O)N(C)Cc2cccs2)nc2sc(C)c(C)c2c1=O. The highest BCUT2D eigenvalue weighted by Crippen LogP contribution is 2.28. The zero-order valence-corrected chi connectivity index (χ0v) is 20.2. The molecule has 0 saturated carbocycles. The number of thiophene rings is 2. The molecule has 3 aromatic rings. The average molecular weight is 466 g/mol. The minimum atomic E-state index is -0.0276. The van der Waals surface area contributed by atoms with Crippen molar-refractivity contribution in [3.8, 4) is 0 Å². The maximum atomic E-state index is 13.2. The van der Waals surface area contributed by atoms with Crippen LogP contribution in [0.3, 0.4) is 0 Å². The molecule has 162 valence electrons. The predicted molar refractivity (Wildman–Crippen MR) is 126 cm³/mol. The number of ether oxygens (including phenoxy) is 1. The van der Waals surface area contributed by atoms with Crippen LogP contribution in [0.2, 0.25) is 0 Å². The summed E-state index contributed by atoms with van der Waals surface area (Å²) in [5, 5.41) is 3.30. The van der Waals surface area contributed by atoms with Crippen molar-refractivity contribution in [3.05, 3.63) is 43.2 Å². The van der Waals surface area contributed by atoms with Gasteiger partial charge in [0.05, 0.1) is 17.7 Å². The Morgan fingerprint density at radius 2 is 2.17 bits per heavy atom. The van der Waals surface area contributed by atoms with Crippen LogP contribution in [0, 0.1) is 13.8 Å². The fourth-order valence-corrected chi connectivity index (χ4v) is 5.84. The van der Waals surface area contributed by atoms with Crippen LogP contribution in [0.1, 0.15) is 28.7 Å². The molecule has 0 fully saturated rings. The van der Waals surface area contributed by atoms with E-state index in [0.717, 1.165) is 26.6 Å². The molecular formula is C21H27N3O3S3. The van der Waals surface area contributed by atoms with Crippen LogP contribution in [-0.2, 0) is 22.6 Å². The quantitative estimate of drug-likeness (QED) is 0.254. The molecule has 0 aliphatic carbocycles. The smallest absolute Gasteiger partial charge is 0.263 e. The fraction of sp³-hybridized carbons (Fsp3) is 0.476. The maximum absolute atomic E-state index is 13.2. The third kappa shape index (κ3) is 5.32. The summed E-state index contributed by atoms with van der Waals surface area (Å²) in [5.74, 6) is 0.261. The van der Waals surface area contributed by atoms with E-state index < -0.39 is 0 Å². The van der Waals surface area contributed by atoms with E-state index in [-0.39, 0.29) is 17.2 Å². The first-order valence-electron chi connectivity index (χ1n) is 9.89. The second-order valence-corrected chi connectivity index (χ2v) is 10.2. The molecule has 9 heteroatoms. The molecule has 3 rings (SSSR count). The van der Waals surface area contributed by atoms with Crippen LogP contribution in [-0.4, -0.2) is 46.4 Å². The van der Waals surface area contributed by atoms with Crippen LogP contribution in [0.4, 0.5) is 0 Å². The van der Waals surface area contributed by atoms with Crippen LogP contribution < -0.4 is 5.56 Å². The topological polar surface area (TPSA) is 64.4 Å². The Labute approximate surface area is 188 Å². The minimum absolute atomic E-state index is 0.0159. The van der Waals surface area contributed by atoms with E-state index in [2.05, 4.69) is 0 Å². The van der Waals surface area contributed by atoms with Gasteiger partial charge < -0.3 is 9.64 Å². The molecule has 0 aliphatic rings. The molecule has 3 heterocycles. The first kappa shape index (κ1) is 23.0. The fourth-order valence-electron chi connectivity index (χ4n) is 3.05. The molecule has 0 aromatic carbocycles. The molecule has 0 saturated heterocycles. The summed E-state index contributed by atoms with van der Waals surface area (Å²) in [6.45, 7) is 8.30. The third-order valence-corrected chi connectivity index (χ3v) is 7.78. The van der Waals surface area contributed by atoms with E-state index in [1.165, 1.54) is 23.1 Å². The molecule has 0 unspecified atom stereocenters. The summed E-state index contributed by atoms with van der Waals surface area (Å²) >= 11 is 4.51. The highest BCUT2D eigenvalue weighted by molar-refractivity contribution is 7.99. The normalized spacial score (nSPS) is 11.3. The lowest BCUT2D eigenvalue weighted by atomic mass is 10.2. The summed E-state index contributed by atoms with van der Waals surface area (Å²) < 4.78 is 7.14. The number of carbonyl (C=O) groups is 1. The van der Waals surface area contributed by atoms with Crippen LogP contribution >= 0.6 is 34.4 Å². The molecule has 3 aromatic heterocycles. The first-order valence-corrected chi connectivity index (χ1v) is 12.6. The zero-order valence-electron chi connectivity index (χ0n) is 17.8. The Hall–Kier alpha value is -1.68. The van der Waals surface area contributed by atoms with Gasteiger partial charge in [0.25, 0.3) is 5.56 Å². The van der Waals surface area contributed by atoms with Gasteiger partial charge in [0, 0.05) is 36.6 Å². The summed E-state index contributed by atoms with van der Waals surface area (Å²) in [7, 11) is 1.81. The lowest BCUT2D eigenvalue weighted by Crippen LogP contribution is -2.28. The highest BCUT2D eigenvalue weighted by Gasteiger charge is 2.18. The summed E-state index contributed by atoms with van der Waals surface area (Å²) in [4.78, 5) is 35.3. The van der Waals surface area contributed by atoms with Gasteiger partial charge in [0.2, 0.25) is 5.91 Å². The lowest BCUT2D eigenvalue weighted by molar-refractivity contribution is -0.127. The molecule has 6 nitrogen and oxygen atoms in total. The van der Waals surface area contributed by atoms with Gasteiger partial charge in [-0.25, -0.2) is 4.98 Å². The molecule has 0 aliphatic heterocycles. The van der Waals surface area contributed by atoms with Crippen molar-refractivity contribution in [1.29, 1.82) is 0 Å². The molecule has 0 N–H and O–H groups in total. The van der Waals surface area contributed by atoms with Gasteiger partial charge in [-0.1, -0.05) is 17.8 Å². The molecule has 0 spiro atoms. The second-order valence-electron chi connectivity index (χ2n) is 6.98. The van der Waals surface area contributed by atoms with E-state index in [9.17, 15) is 9.59 Å². The van der Waals surface area contributed by atoms with Gasteiger partial charge >= 0.3 is 0 Å². The third-order valence-electron chi connectivity index (χ3n) is 4.85. The van der Waals surface area contributed by atoms with Crippen LogP contribution in [0.15, 0.2) is 27.5 Å². The largest absolute Gasteiger partial charge is 0.382 e. The molecule has 30 heavy (non-hydrogen) atoms. The van der Waals surface area contributed by atoms with Crippen molar-refractivity contribution >= 4 is 50.6 Å². The van der Waals surface area contributed by atoms with Crippen molar-refractivity contribution in [3.63, 3.8) is 0 Å². The van der Waals surface area contributed by atoms with Crippen molar-refractivity contribution < 1.29 is 9.53 Å². The number of hydrogen-bond acceptors (Lipinski definition) is 7. The van der Waals surface area contributed by atoms with Gasteiger partial charge in [-0.05, 0) is 44.2 Å².